The van der Waals surface area contributed by atoms with Gasteiger partial charge in [-0.1, -0.05) is 19.3 Å². The third-order valence-electron chi connectivity index (χ3n) is 5.06. The fourth-order valence-corrected chi connectivity index (χ4v) is 3.59. The summed E-state index contributed by atoms with van der Waals surface area (Å²) in [6, 6.07) is 4.36. The molecule has 0 aromatic heterocycles. The lowest BCUT2D eigenvalue weighted by Crippen LogP contribution is -2.43. The number of amides is 1. The zero-order chi connectivity index (χ0) is 20.4. The summed E-state index contributed by atoms with van der Waals surface area (Å²) in [5.74, 6) is 0.389. The van der Waals surface area contributed by atoms with Gasteiger partial charge in [0.25, 0.3) is 5.69 Å². The van der Waals surface area contributed by atoms with Gasteiger partial charge in [0.1, 0.15) is 5.75 Å². The number of benzene rings is 1. The van der Waals surface area contributed by atoms with E-state index in [1.807, 2.05) is 4.90 Å². The standard InChI is InChI=1S/C20H28N2O6/c23-12-11-21(17-6-2-1-3-7-17)20(25)8-4-5-13-28-18-10-9-16(15-24)19(14-18)22(26)27/h9-10,14-15,17,23H,1-8,11-13H2. The van der Waals surface area contributed by atoms with Crippen molar-refractivity contribution in [1.29, 1.82) is 0 Å². The lowest BCUT2D eigenvalue weighted by Gasteiger charge is -2.34. The molecule has 2 rings (SSSR count). The number of nitrogens with zero attached hydrogens (tertiary/aromatic N) is 2. The minimum atomic E-state index is -0.615. The van der Waals surface area contributed by atoms with E-state index in [0.717, 1.165) is 25.7 Å². The number of nitro groups is 1. The van der Waals surface area contributed by atoms with E-state index in [9.17, 15) is 24.8 Å². The predicted molar refractivity (Wildman–Crippen MR) is 104 cm³/mol. The van der Waals surface area contributed by atoms with Crippen molar-refractivity contribution in [2.24, 2.45) is 0 Å². The van der Waals surface area contributed by atoms with Crippen LogP contribution in [0.25, 0.3) is 0 Å². The molecule has 0 spiro atoms. The van der Waals surface area contributed by atoms with Crippen molar-refractivity contribution >= 4 is 17.9 Å². The molecule has 1 aromatic rings. The summed E-state index contributed by atoms with van der Waals surface area (Å²) in [4.78, 5) is 35.5. The summed E-state index contributed by atoms with van der Waals surface area (Å²) in [6.45, 7) is 0.683. The highest BCUT2D eigenvalue weighted by Crippen LogP contribution is 2.25. The van der Waals surface area contributed by atoms with E-state index in [1.54, 1.807) is 0 Å². The van der Waals surface area contributed by atoms with Crippen LogP contribution in [0.4, 0.5) is 5.69 Å². The van der Waals surface area contributed by atoms with Gasteiger partial charge in [-0.25, -0.2) is 0 Å². The molecule has 28 heavy (non-hydrogen) atoms. The van der Waals surface area contributed by atoms with Crippen molar-refractivity contribution in [3.63, 3.8) is 0 Å². The number of hydrogen-bond acceptors (Lipinski definition) is 6. The molecular formula is C20H28N2O6. The molecule has 0 saturated heterocycles. The molecule has 8 heteroatoms. The van der Waals surface area contributed by atoms with E-state index in [-0.39, 0.29) is 29.8 Å². The molecule has 0 heterocycles. The zero-order valence-electron chi connectivity index (χ0n) is 16.0. The first-order chi connectivity index (χ1) is 13.6. The molecule has 1 aromatic carbocycles. The molecule has 1 N–H and O–H groups in total. The molecule has 1 amide bonds. The maximum Gasteiger partial charge on any atom is 0.283 e. The second-order valence-corrected chi connectivity index (χ2v) is 7.00. The first-order valence-corrected chi connectivity index (χ1v) is 9.83. The van der Waals surface area contributed by atoms with E-state index in [4.69, 9.17) is 4.74 Å². The van der Waals surface area contributed by atoms with Gasteiger partial charge in [-0.2, -0.15) is 0 Å². The van der Waals surface area contributed by atoms with Crippen molar-refractivity contribution < 1.29 is 24.4 Å². The number of ether oxygens (including phenoxy) is 1. The molecule has 0 aliphatic heterocycles. The summed E-state index contributed by atoms with van der Waals surface area (Å²) in [7, 11) is 0. The van der Waals surface area contributed by atoms with Crippen LogP contribution in [0.5, 0.6) is 5.75 Å². The van der Waals surface area contributed by atoms with Crippen LogP contribution in [0.2, 0.25) is 0 Å². The number of nitro benzene ring substituents is 1. The average Bonchev–Trinajstić information content (AvgIpc) is 2.72. The molecule has 0 unspecified atom stereocenters. The van der Waals surface area contributed by atoms with E-state index >= 15 is 0 Å². The Balaban J connectivity index is 1.77. The van der Waals surface area contributed by atoms with Crippen molar-refractivity contribution in [1.82, 2.24) is 4.90 Å². The van der Waals surface area contributed by atoms with Crippen molar-refractivity contribution in [2.75, 3.05) is 19.8 Å². The number of carbonyl (C=O) groups excluding carboxylic acids is 2. The number of aliphatic hydroxyl groups is 1. The molecule has 154 valence electrons. The van der Waals surface area contributed by atoms with Gasteiger partial charge in [-0.15, -0.1) is 0 Å². The molecule has 1 aliphatic carbocycles. The van der Waals surface area contributed by atoms with Crippen LogP contribution in [-0.2, 0) is 4.79 Å². The van der Waals surface area contributed by atoms with Gasteiger partial charge in [-0.3, -0.25) is 19.7 Å². The van der Waals surface area contributed by atoms with E-state index in [2.05, 4.69) is 0 Å². The maximum absolute atomic E-state index is 12.5. The van der Waals surface area contributed by atoms with Gasteiger partial charge >= 0.3 is 0 Å². The summed E-state index contributed by atoms with van der Waals surface area (Å²) in [5, 5.41) is 20.2. The van der Waals surface area contributed by atoms with E-state index in [1.165, 1.54) is 24.6 Å². The highest BCUT2D eigenvalue weighted by Gasteiger charge is 2.24. The van der Waals surface area contributed by atoms with Gasteiger partial charge in [0.05, 0.1) is 29.8 Å². The van der Waals surface area contributed by atoms with Crippen molar-refractivity contribution in [3.8, 4) is 5.75 Å². The van der Waals surface area contributed by atoms with Crippen LogP contribution in [0.15, 0.2) is 18.2 Å². The van der Waals surface area contributed by atoms with Gasteiger partial charge in [0.15, 0.2) is 6.29 Å². The molecule has 1 fully saturated rings. The molecule has 8 nitrogen and oxygen atoms in total. The number of unbranched alkanes of at least 4 members (excludes halogenated alkanes) is 1. The first-order valence-electron chi connectivity index (χ1n) is 9.83. The van der Waals surface area contributed by atoms with Crippen LogP contribution in [0.3, 0.4) is 0 Å². The lowest BCUT2D eigenvalue weighted by atomic mass is 9.94. The largest absolute Gasteiger partial charge is 0.493 e. The van der Waals surface area contributed by atoms with Gasteiger partial charge < -0.3 is 14.7 Å². The Kier molecular flexibility index (Phi) is 8.87. The smallest absolute Gasteiger partial charge is 0.283 e. The third kappa shape index (κ3) is 6.30. The Labute approximate surface area is 164 Å². The molecule has 0 bridgehead atoms. The highest BCUT2D eigenvalue weighted by atomic mass is 16.6. The molecule has 0 radical (unpaired) electrons. The number of carbonyl (C=O) groups is 2. The Morgan fingerprint density at radius 1 is 1.29 bits per heavy atom. The zero-order valence-corrected chi connectivity index (χ0v) is 16.0. The van der Waals surface area contributed by atoms with E-state index < -0.39 is 4.92 Å². The summed E-state index contributed by atoms with van der Waals surface area (Å²) >= 11 is 0. The average molecular weight is 392 g/mol. The SMILES string of the molecule is O=Cc1ccc(OCCCCC(=O)N(CCO)C2CCCCC2)cc1[N+](=O)[O-]. The van der Waals surface area contributed by atoms with Gasteiger partial charge in [0, 0.05) is 19.0 Å². The second-order valence-electron chi connectivity index (χ2n) is 7.00. The highest BCUT2D eigenvalue weighted by molar-refractivity contribution is 5.81. The Bertz CT molecular complexity index is 673. The molecule has 1 aliphatic rings. The minimum Gasteiger partial charge on any atom is -0.493 e. The Morgan fingerprint density at radius 3 is 2.68 bits per heavy atom. The number of aliphatic hydroxyl groups excluding tert-OH is 1. The van der Waals surface area contributed by atoms with Gasteiger partial charge in [-0.05, 0) is 37.8 Å². The Morgan fingerprint density at radius 2 is 2.04 bits per heavy atom. The van der Waals surface area contributed by atoms with Crippen LogP contribution < -0.4 is 4.74 Å². The number of rotatable bonds is 11. The normalized spacial score (nSPS) is 14.5. The second kappa shape index (κ2) is 11.4. The van der Waals surface area contributed by atoms with Crippen LogP contribution in [-0.4, -0.2) is 52.9 Å². The predicted octanol–water partition coefficient (Wildman–Crippen LogP) is 3.11. The molecule has 1 saturated carbocycles. The number of hydrogen-bond donors (Lipinski definition) is 1. The molecule has 0 atom stereocenters. The summed E-state index contributed by atoms with van der Waals surface area (Å²) in [6.07, 6.45) is 7.58. The van der Waals surface area contributed by atoms with E-state index in [0.29, 0.717) is 44.4 Å². The fraction of sp³-hybridized carbons (Fsp3) is 0.600. The maximum atomic E-state index is 12.5. The van der Waals surface area contributed by atoms with Gasteiger partial charge in [0.2, 0.25) is 5.91 Å². The van der Waals surface area contributed by atoms with Crippen LogP contribution >= 0.6 is 0 Å². The Hall–Kier alpha value is -2.48. The first kappa shape index (κ1) is 21.8. The topological polar surface area (TPSA) is 110 Å². The fourth-order valence-electron chi connectivity index (χ4n) is 3.59. The minimum absolute atomic E-state index is 0.00892. The van der Waals surface area contributed by atoms with Crippen molar-refractivity contribution in [2.45, 2.75) is 57.4 Å². The lowest BCUT2D eigenvalue weighted by molar-refractivity contribution is -0.385. The summed E-state index contributed by atoms with van der Waals surface area (Å²) in [5.41, 5.74) is -0.274. The van der Waals surface area contributed by atoms with Crippen molar-refractivity contribution in [3.05, 3.63) is 33.9 Å². The number of aldehydes is 1. The van der Waals surface area contributed by atoms with Crippen LogP contribution in [0, 0.1) is 10.1 Å². The molecular weight excluding hydrogens is 364 g/mol. The monoisotopic (exact) mass is 392 g/mol. The van der Waals surface area contributed by atoms with Crippen LogP contribution in [0.1, 0.15) is 61.7 Å². The third-order valence-corrected chi connectivity index (χ3v) is 5.06. The quantitative estimate of drug-likeness (QED) is 0.268. The summed E-state index contributed by atoms with van der Waals surface area (Å²) < 4.78 is 5.52.